The first-order valence-corrected chi connectivity index (χ1v) is 12.4. The third-order valence-corrected chi connectivity index (χ3v) is 7.82. The molecular formula is C24H27N5O3S. The summed E-state index contributed by atoms with van der Waals surface area (Å²) in [4.78, 5) is 40.0. The molecule has 8 nitrogen and oxygen atoms in total. The molecule has 33 heavy (non-hydrogen) atoms. The number of hydrogen-bond donors (Lipinski definition) is 0. The maximum Gasteiger partial charge on any atom is 0.270 e. The molecule has 2 aliphatic rings. The minimum Gasteiger partial charge on any atom is -0.352 e. The monoisotopic (exact) mass is 465 g/mol. The largest absolute Gasteiger partial charge is 0.352 e. The van der Waals surface area contributed by atoms with Gasteiger partial charge in [0.1, 0.15) is 16.5 Å². The molecule has 0 spiro atoms. The van der Waals surface area contributed by atoms with Crippen molar-refractivity contribution in [3.8, 4) is 0 Å². The molecular weight excluding hydrogens is 438 g/mol. The lowest BCUT2D eigenvalue weighted by Gasteiger charge is -2.36. The first-order valence-electron chi connectivity index (χ1n) is 11.5. The van der Waals surface area contributed by atoms with Gasteiger partial charge in [-0.05, 0) is 36.8 Å². The molecule has 1 aliphatic carbocycles. The van der Waals surface area contributed by atoms with Gasteiger partial charge in [0.2, 0.25) is 0 Å². The summed E-state index contributed by atoms with van der Waals surface area (Å²) in [5.74, 6) is 2.41. The number of aromatic nitrogens is 2. The number of carbonyl (C=O) groups excluding carboxylic acids is 1. The molecule has 1 unspecified atom stereocenters. The number of carbonyl (C=O) groups is 1. The lowest BCUT2D eigenvalue weighted by molar-refractivity contribution is -0.384. The fourth-order valence-electron chi connectivity index (χ4n) is 4.81. The maximum absolute atomic E-state index is 13.0. The van der Waals surface area contributed by atoms with Gasteiger partial charge in [-0.3, -0.25) is 14.9 Å². The number of hydrogen-bond acceptors (Lipinski definition) is 7. The standard InChI is InChI=1S/C24H27N5O3S/c1-3-20-25-22(21-18-8-7-15(2)13-19(18)33-23(21)26-20)27-9-11-28(12-10-27)24(30)16-5-4-6-17(14-16)29(31)32/h4-6,14-15H,3,7-13H2,1-2H3. The van der Waals surface area contributed by atoms with Crippen molar-refractivity contribution < 1.29 is 9.72 Å². The molecule has 1 saturated heterocycles. The van der Waals surface area contributed by atoms with Crippen LogP contribution >= 0.6 is 11.3 Å². The van der Waals surface area contributed by atoms with E-state index in [1.165, 1.54) is 34.4 Å². The van der Waals surface area contributed by atoms with Crippen LogP contribution in [-0.4, -0.2) is 51.9 Å². The lowest BCUT2D eigenvalue weighted by Crippen LogP contribution is -2.49. The maximum atomic E-state index is 13.0. The van der Waals surface area contributed by atoms with E-state index >= 15 is 0 Å². The van der Waals surface area contributed by atoms with Crippen LogP contribution in [0, 0.1) is 16.0 Å². The summed E-state index contributed by atoms with van der Waals surface area (Å²) in [6.07, 6.45) is 4.17. The highest BCUT2D eigenvalue weighted by molar-refractivity contribution is 7.19. The fourth-order valence-corrected chi connectivity index (χ4v) is 6.21. The van der Waals surface area contributed by atoms with Gasteiger partial charge >= 0.3 is 0 Å². The fraction of sp³-hybridized carbons (Fsp3) is 0.458. The van der Waals surface area contributed by atoms with Crippen LogP contribution in [0.5, 0.6) is 0 Å². The summed E-state index contributed by atoms with van der Waals surface area (Å²) in [5.41, 5.74) is 1.71. The summed E-state index contributed by atoms with van der Waals surface area (Å²) in [5, 5.41) is 12.3. The van der Waals surface area contributed by atoms with Crippen molar-refractivity contribution in [2.45, 2.75) is 39.5 Å². The minimum absolute atomic E-state index is 0.0634. The van der Waals surface area contributed by atoms with Crippen LogP contribution in [0.3, 0.4) is 0 Å². The van der Waals surface area contributed by atoms with Gasteiger partial charge in [0.05, 0.1) is 10.3 Å². The van der Waals surface area contributed by atoms with Crippen LogP contribution < -0.4 is 4.90 Å². The highest BCUT2D eigenvalue weighted by atomic mass is 32.1. The average molecular weight is 466 g/mol. The van der Waals surface area contributed by atoms with Gasteiger partial charge < -0.3 is 9.80 Å². The molecule has 1 aromatic carbocycles. The SMILES string of the molecule is CCc1nc(N2CCN(C(=O)c3cccc([N+](=O)[O-])c3)CC2)c2c3c(sc2n1)CC(C)CC3. The summed E-state index contributed by atoms with van der Waals surface area (Å²) < 4.78 is 0. The lowest BCUT2D eigenvalue weighted by atomic mass is 9.89. The second-order valence-electron chi connectivity index (χ2n) is 8.94. The first kappa shape index (κ1) is 21.8. The topological polar surface area (TPSA) is 92.5 Å². The molecule has 0 saturated carbocycles. The summed E-state index contributed by atoms with van der Waals surface area (Å²) >= 11 is 1.82. The predicted molar refractivity (Wildman–Crippen MR) is 129 cm³/mol. The van der Waals surface area contributed by atoms with E-state index in [2.05, 4.69) is 18.7 Å². The van der Waals surface area contributed by atoms with Gasteiger partial charge in [-0.2, -0.15) is 0 Å². The molecule has 9 heteroatoms. The number of benzene rings is 1. The van der Waals surface area contributed by atoms with Gasteiger partial charge in [0, 0.05) is 55.2 Å². The minimum atomic E-state index is -0.470. The van der Waals surface area contributed by atoms with Crippen LogP contribution in [0.4, 0.5) is 11.5 Å². The Hall–Kier alpha value is -3.07. The number of nitro groups is 1. The van der Waals surface area contributed by atoms with Crippen molar-refractivity contribution in [3.05, 3.63) is 56.2 Å². The summed E-state index contributed by atoms with van der Waals surface area (Å²) in [7, 11) is 0. The van der Waals surface area contributed by atoms with Crippen molar-refractivity contribution in [3.63, 3.8) is 0 Å². The van der Waals surface area contributed by atoms with E-state index < -0.39 is 4.92 Å². The van der Waals surface area contributed by atoms with E-state index in [1.54, 1.807) is 17.0 Å². The van der Waals surface area contributed by atoms with E-state index in [0.29, 0.717) is 37.7 Å². The Bertz CT molecular complexity index is 1230. The van der Waals surface area contributed by atoms with Crippen LogP contribution in [0.1, 0.15) is 46.9 Å². The molecule has 1 amide bonds. The van der Waals surface area contributed by atoms with Crippen LogP contribution in [0.15, 0.2) is 24.3 Å². The van der Waals surface area contributed by atoms with Crippen LogP contribution in [-0.2, 0) is 19.3 Å². The van der Waals surface area contributed by atoms with Gasteiger partial charge in [0.15, 0.2) is 0 Å². The molecule has 1 atom stereocenters. The van der Waals surface area contributed by atoms with Crippen molar-refractivity contribution >= 4 is 39.0 Å². The Kier molecular flexibility index (Phi) is 5.74. The van der Waals surface area contributed by atoms with Crippen molar-refractivity contribution in [1.82, 2.24) is 14.9 Å². The van der Waals surface area contributed by atoms with Crippen molar-refractivity contribution in [2.24, 2.45) is 5.92 Å². The molecule has 3 aromatic rings. The van der Waals surface area contributed by atoms with Gasteiger partial charge in [-0.15, -0.1) is 11.3 Å². The number of fused-ring (bicyclic) bond motifs is 3. The van der Waals surface area contributed by atoms with Gasteiger partial charge in [-0.25, -0.2) is 9.97 Å². The van der Waals surface area contributed by atoms with Crippen LogP contribution in [0.25, 0.3) is 10.2 Å². The van der Waals surface area contributed by atoms with E-state index in [0.717, 1.165) is 35.7 Å². The number of piperazine rings is 1. The Morgan fingerprint density at radius 1 is 1.24 bits per heavy atom. The van der Waals surface area contributed by atoms with Crippen LogP contribution in [0.2, 0.25) is 0 Å². The quantitative estimate of drug-likeness (QED) is 0.422. The molecule has 0 N–H and O–H groups in total. The summed E-state index contributed by atoms with van der Waals surface area (Å²) in [6, 6.07) is 5.96. The normalized spacial score (nSPS) is 18.4. The second kappa shape index (κ2) is 8.70. The number of aryl methyl sites for hydroxylation is 2. The average Bonchev–Trinajstić information content (AvgIpc) is 3.20. The zero-order valence-corrected chi connectivity index (χ0v) is 19.7. The van der Waals surface area contributed by atoms with E-state index in [1.807, 2.05) is 11.3 Å². The van der Waals surface area contributed by atoms with Crippen molar-refractivity contribution in [2.75, 3.05) is 31.1 Å². The Balaban J connectivity index is 1.40. The van der Waals surface area contributed by atoms with E-state index in [9.17, 15) is 14.9 Å². The molecule has 3 heterocycles. The van der Waals surface area contributed by atoms with Crippen molar-refractivity contribution in [1.29, 1.82) is 0 Å². The van der Waals surface area contributed by atoms with Gasteiger partial charge in [-0.1, -0.05) is 19.9 Å². The first-order chi connectivity index (χ1) is 15.9. The second-order valence-corrected chi connectivity index (χ2v) is 10.0. The molecule has 0 radical (unpaired) electrons. The molecule has 1 aliphatic heterocycles. The van der Waals surface area contributed by atoms with Gasteiger partial charge in [0.25, 0.3) is 11.6 Å². The number of thiophene rings is 1. The zero-order chi connectivity index (χ0) is 23.1. The Morgan fingerprint density at radius 2 is 2.03 bits per heavy atom. The molecule has 5 rings (SSSR count). The number of nitro benzene ring substituents is 1. The molecule has 0 bridgehead atoms. The Labute approximate surface area is 196 Å². The van der Waals surface area contributed by atoms with E-state index in [-0.39, 0.29) is 11.6 Å². The summed E-state index contributed by atoms with van der Waals surface area (Å²) in [6.45, 7) is 6.86. The Morgan fingerprint density at radius 3 is 2.76 bits per heavy atom. The molecule has 1 fully saturated rings. The third kappa shape index (κ3) is 4.06. The molecule has 2 aromatic heterocycles. The number of amides is 1. The third-order valence-electron chi connectivity index (χ3n) is 6.67. The number of non-ortho nitro benzene ring substituents is 1. The zero-order valence-electron chi connectivity index (χ0n) is 18.9. The number of rotatable bonds is 4. The predicted octanol–water partition coefficient (Wildman–Crippen LogP) is 4.25. The molecule has 172 valence electrons. The smallest absolute Gasteiger partial charge is 0.270 e. The number of anilines is 1. The highest BCUT2D eigenvalue weighted by Crippen LogP contribution is 2.41. The highest BCUT2D eigenvalue weighted by Gasteiger charge is 2.29. The number of nitrogens with zero attached hydrogens (tertiary/aromatic N) is 5. The van der Waals surface area contributed by atoms with E-state index in [4.69, 9.17) is 9.97 Å².